The van der Waals surface area contributed by atoms with Crippen molar-refractivity contribution in [2.75, 3.05) is 19.9 Å². The van der Waals surface area contributed by atoms with E-state index < -0.39 is 0 Å². The zero-order chi connectivity index (χ0) is 12.2. The first-order chi connectivity index (χ1) is 7.43. The molecule has 96 valence electrons. The van der Waals surface area contributed by atoms with Gasteiger partial charge in [-0.25, -0.2) is 0 Å². The average molecular weight is 245 g/mol. The van der Waals surface area contributed by atoms with E-state index in [4.69, 9.17) is 4.74 Å². The van der Waals surface area contributed by atoms with Crippen molar-refractivity contribution in [2.24, 2.45) is 0 Å². The Morgan fingerprint density at radius 3 is 2.62 bits per heavy atom. The molecule has 1 saturated heterocycles. The van der Waals surface area contributed by atoms with Crippen LogP contribution in [0, 0.1) is 0 Å². The van der Waals surface area contributed by atoms with Crippen LogP contribution < -0.4 is 5.32 Å². The Bertz CT molecular complexity index is 212. The third kappa shape index (κ3) is 3.64. The maximum absolute atomic E-state index is 5.49. The van der Waals surface area contributed by atoms with Crippen molar-refractivity contribution >= 4 is 11.8 Å². The first kappa shape index (κ1) is 14.3. The lowest BCUT2D eigenvalue weighted by molar-refractivity contribution is 0.0111. The Morgan fingerprint density at radius 2 is 2.19 bits per heavy atom. The summed E-state index contributed by atoms with van der Waals surface area (Å²) < 4.78 is 5.92. The molecule has 16 heavy (non-hydrogen) atoms. The Hall–Kier alpha value is 0.270. The van der Waals surface area contributed by atoms with Gasteiger partial charge in [0.15, 0.2) is 0 Å². The van der Waals surface area contributed by atoms with Crippen LogP contribution in [0.15, 0.2) is 0 Å². The van der Waals surface area contributed by atoms with E-state index in [0.717, 1.165) is 6.42 Å². The number of methoxy groups -OCH3 is 1. The topological polar surface area (TPSA) is 21.3 Å². The molecule has 0 aromatic carbocycles. The molecule has 1 aliphatic heterocycles. The second kappa shape index (κ2) is 5.74. The number of thioether (sulfide) groups is 1. The van der Waals surface area contributed by atoms with Crippen molar-refractivity contribution in [3.05, 3.63) is 0 Å². The van der Waals surface area contributed by atoms with Gasteiger partial charge in [-0.2, -0.15) is 11.8 Å². The van der Waals surface area contributed by atoms with Crippen LogP contribution >= 0.6 is 11.8 Å². The van der Waals surface area contributed by atoms with Gasteiger partial charge in [-0.15, -0.1) is 0 Å². The maximum Gasteiger partial charge on any atom is 0.0623 e. The van der Waals surface area contributed by atoms with Gasteiger partial charge in [0.2, 0.25) is 0 Å². The lowest BCUT2D eigenvalue weighted by atomic mass is 9.89. The number of hydrogen-bond acceptors (Lipinski definition) is 3. The molecule has 1 N–H and O–H groups in total. The predicted molar refractivity (Wildman–Crippen MR) is 73.3 cm³/mol. The quantitative estimate of drug-likeness (QED) is 0.777. The van der Waals surface area contributed by atoms with Crippen molar-refractivity contribution in [1.82, 2.24) is 5.32 Å². The molecule has 2 nitrogen and oxygen atoms in total. The smallest absolute Gasteiger partial charge is 0.0623 e. The van der Waals surface area contributed by atoms with E-state index in [1.165, 1.54) is 25.0 Å². The van der Waals surface area contributed by atoms with E-state index >= 15 is 0 Å². The van der Waals surface area contributed by atoms with Crippen LogP contribution in [0.4, 0.5) is 0 Å². The lowest BCUT2D eigenvalue weighted by Crippen LogP contribution is -2.44. The molecule has 0 aliphatic carbocycles. The molecule has 0 spiro atoms. The summed E-state index contributed by atoms with van der Waals surface area (Å²) in [6, 6.07) is 0.606. The van der Waals surface area contributed by atoms with Crippen molar-refractivity contribution in [2.45, 2.75) is 62.8 Å². The van der Waals surface area contributed by atoms with Gasteiger partial charge in [-0.05, 0) is 59.3 Å². The molecule has 1 heterocycles. The highest BCUT2D eigenvalue weighted by atomic mass is 32.2. The number of nitrogens with one attached hydrogen (secondary N) is 1. The van der Waals surface area contributed by atoms with Crippen molar-refractivity contribution in [3.63, 3.8) is 0 Å². The Labute approximate surface area is 105 Å². The minimum Gasteiger partial charge on any atom is -0.379 e. The molecule has 1 rings (SSSR count). The second-order valence-corrected chi connectivity index (χ2v) is 7.24. The summed E-state index contributed by atoms with van der Waals surface area (Å²) in [5.74, 6) is 1.32. The Morgan fingerprint density at radius 1 is 1.50 bits per heavy atom. The normalized spacial score (nSPS) is 28.3. The van der Waals surface area contributed by atoms with Gasteiger partial charge in [0.05, 0.1) is 5.60 Å². The van der Waals surface area contributed by atoms with Crippen LogP contribution in [0.3, 0.4) is 0 Å². The fraction of sp³-hybridized carbons (Fsp3) is 1.00. The summed E-state index contributed by atoms with van der Waals surface area (Å²) in [4.78, 5) is 0. The van der Waals surface area contributed by atoms with Gasteiger partial charge in [0.1, 0.15) is 0 Å². The number of ether oxygens (including phenoxy) is 1. The predicted octanol–water partition coefficient (Wildman–Crippen LogP) is 3.07. The minimum atomic E-state index is 0.00866. The van der Waals surface area contributed by atoms with Crippen molar-refractivity contribution in [3.8, 4) is 0 Å². The monoisotopic (exact) mass is 245 g/mol. The van der Waals surface area contributed by atoms with Gasteiger partial charge in [0, 0.05) is 17.9 Å². The molecule has 0 aromatic heterocycles. The molecular formula is C13H27NOS. The summed E-state index contributed by atoms with van der Waals surface area (Å²) in [7, 11) is 3.90. The number of rotatable bonds is 6. The van der Waals surface area contributed by atoms with E-state index in [1.54, 1.807) is 7.11 Å². The molecule has 0 bridgehead atoms. The SMILES string of the molecule is CNC(CCC(C)(C)OC)C1(C)CCCS1. The third-order valence-electron chi connectivity index (χ3n) is 3.92. The zero-order valence-electron chi connectivity index (χ0n) is 11.4. The molecule has 2 atom stereocenters. The molecule has 3 heteroatoms. The minimum absolute atomic E-state index is 0.00866. The lowest BCUT2D eigenvalue weighted by Gasteiger charge is -2.35. The van der Waals surface area contributed by atoms with E-state index in [-0.39, 0.29) is 5.60 Å². The van der Waals surface area contributed by atoms with Crippen LogP contribution in [-0.2, 0) is 4.74 Å². The standard InChI is InChI=1S/C13H27NOS/c1-12(2,15-5)9-7-11(14-4)13(3)8-6-10-16-13/h11,14H,6-10H2,1-5H3. The fourth-order valence-electron chi connectivity index (χ4n) is 2.42. The first-order valence-electron chi connectivity index (χ1n) is 6.30. The molecule has 0 aromatic rings. The van der Waals surface area contributed by atoms with Crippen LogP contribution in [0.2, 0.25) is 0 Å². The molecular weight excluding hydrogens is 218 g/mol. The van der Waals surface area contributed by atoms with E-state index in [1.807, 2.05) is 0 Å². The Kier molecular flexibility index (Phi) is 5.14. The van der Waals surface area contributed by atoms with Crippen LogP contribution in [0.25, 0.3) is 0 Å². The van der Waals surface area contributed by atoms with E-state index in [2.05, 4.69) is 44.9 Å². The second-order valence-electron chi connectivity index (χ2n) is 5.61. The van der Waals surface area contributed by atoms with Crippen molar-refractivity contribution in [1.29, 1.82) is 0 Å². The largest absolute Gasteiger partial charge is 0.379 e. The van der Waals surface area contributed by atoms with Crippen LogP contribution in [-0.4, -0.2) is 36.3 Å². The summed E-state index contributed by atoms with van der Waals surface area (Å²) in [6.07, 6.45) is 5.02. The molecule has 1 fully saturated rings. The first-order valence-corrected chi connectivity index (χ1v) is 7.28. The molecule has 0 radical (unpaired) electrons. The van der Waals surface area contributed by atoms with E-state index in [9.17, 15) is 0 Å². The summed E-state index contributed by atoms with van der Waals surface area (Å²) in [6.45, 7) is 6.75. The fourth-order valence-corrected chi connectivity index (χ4v) is 3.91. The molecule has 0 saturated carbocycles. The summed E-state index contributed by atoms with van der Waals surface area (Å²) in [5.41, 5.74) is 0.00866. The highest BCUT2D eigenvalue weighted by molar-refractivity contribution is 8.00. The molecule has 2 unspecified atom stereocenters. The van der Waals surface area contributed by atoms with Gasteiger partial charge in [-0.1, -0.05) is 0 Å². The van der Waals surface area contributed by atoms with Crippen LogP contribution in [0.5, 0.6) is 0 Å². The summed E-state index contributed by atoms with van der Waals surface area (Å²) in [5, 5.41) is 3.50. The van der Waals surface area contributed by atoms with E-state index in [0.29, 0.717) is 10.8 Å². The number of hydrogen-bond donors (Lipinski definition) is 1. The van der Waals surface area contributed by atoms with Gasteiger partial charge in [-0.3, -0.25) is 0 Å². The van der Waals surface area contributed by atoms with Crippen molar-refractivity contribution < 1.29 is 4.74 Å². The van der Waals surface area contributed by atoms with Gasteiger partial charge >= 0.3 is 0 Å². The molecule has 0 amide bonds. The average Bonchev–Trinajstić information content (AvgIpc) is 2.67. The summed E-state index contributed by atoms with van der Waals surface area (Å²) >= 11 is 2.13. The van der Waals surface area contributed by atoms with Crippen LogP contribution in [0.1, 0.15) is 46.5 Å². The molecule has 1 aliphatic rings. The highest BCUT2D eigenvalue weighted by Gasteiger charge is 2.37. The zero-order valence-corrected chi connectivity index (χ0v) is 12.2. The third-order valence-corrected chi connectivity index (χ3v) is 5.56. The highest BCUT2D eigenvalue weighted by Crippen LogP contribution is 2.42. The maximum atomic E-state index is 5.49. The van der Waals surface area contributed by atoms with Gasteiger partial charge < -0.3 is 10.1 Å². The Balaban J connectivity index is 2.49. The van der Waals surface area contributed by atoms with Gasteiger partial charge in [0.25, 0.3) is 0 Å².